The lowest BCUT2D eigenvalue weighted by molar-refractivity contribution is 0.0595. The van der Waals surface area contributed by atoms with Gasteiger partial charge in [-0.15, -0.1) is 11.3 Å². The number of carboxylic acids is 1. The van der Waals surface area contributed by atoms with Gasteiger partial charge in [-0.3, -0.25) is 9.80 Å². The van der Waals surface area contributed by atoms with E-state index in [1.165, 1.54) is 11.3 Å². The molecule has 1 saturated heterocycles. The summed E-state index contributed by atoms with van der Waals surface area (Å²) >= 11 is 1.39. The van der Waals surface area contributed by atoms with Gasteiger partial charge in [-0.25, -0.2) is 4.79 Å². The van der Waals surface area contributed by atoms with Gasteiger partial charge in [0, 0.05) is 43.1 Å². The Bertz CT molecular complexity index is 443. The number of hydrogen-bond donors (Lipinski definition) is 1. The van der Waals surface area contributed by atoms with E-state index in [1.807, 2.05) is 6.07 Å². The van der Waals surface area contributed by atoms with Crippen molar-refractivity contribution >= 4 is 17.3 Å². The third kappa shape index (κ3) is 3.78. The fourth-order valence-corrected chi connectivity index (χ4v) is 3.26. The van der Waals surface area contributed by atoms with Crippen molar-refractivity contribution < 1.29 is 9.90 Å². The minimum Gasteiger partial charge on any atom is -0.477 e. The summed E-state index contributed by atoms with van der Waals surface area (Å²) in [5, 5.41) is 8.92. The van der Waals surface area contributed by atoms with E-state index >= 15 is 0 Å². The van der Waals surface area contributed by atoms with E-state index in [0.29, 0.717) is 4.88 Å². The van der Waals surface area contributed by atoms with Crippen molar-refractivity contribution in [2.24, 2.45) is 0 Å². The molecule has 1 aliphatic rings. The minimum absolute atomic E-state index is 0.242. The maximum absolute atomic E-state index is 10.8. The SMILES string of the molecule is CC(C)(C)N1CCN(Cc2ccc(C(=O)O)s2)CC1. The van der Waals surface area contributed by atoms with Crippen LogP contribution in [0.15, 0.2) is 12.1 Å². The summed E-state index contributed by atoms with van der Waals surface area (Å²) in [7, 11) is 0. The average molecular weight is 282 g/mol. The molecule has 0 aliphatic carbocycles. The molecular weight excluding hydrogens is 260 g/mol. The zero-order valence-corrected chi connectivity index (χ0v) is 12.7. The molecule has 1 fully saturated rings. The summed E-state index contributed by atoms with van der Waals surface area (Å²) in [4.78, 5) is 17.3. The van der Waals surface area contributed by atoms with Crippen LogP contribution in [-0.2, 0) is 6.54 Å². The Balaban J connectivity index is 1.87. The first kappa shape index (κ1) is 14.5. The molecule has 0 spiro atoms. The summed E-state index contributed by atoms with van der Waals surface area (Å²) in [6, 6.07) is 3.64. The topological polar surface area (TPSA) is 43.8 Å². The van der Waals surface area contributed by atoms with Gasteiger partial charge in [0.2, 0.25) is 0 Å². The summed E-state index contributed by atoms with van der Waals surface area (Å²) < 4.78 is 0. The maximum Gasteiger partial charge on any atom is 0.345 e. The van der Waals surface area contributed by atoms with E-state index in [1.54, 1.807) is 6.07 Å². The third-order valence-corrected chi connectivity index (χ3v) is 4.63. The van der Waals surface area contributed by atoms with Crippen LogP contribution in [0.1, 0.15) is 35.3 Å². The number of rotatable bonds is 3. The van der Waals surface area contributed by atoms with Crippen molar-refractivity contribution in [2.75, 3.05) is 26.2 Å². The van der Waals surface area contributed by atoms with Gasteiger partial charge < -0.3 is 5.11 Å². The lowest BCUT2D eigenvalue weighted by Gasteiger charge is -2.42. The van der Waals surface area contributed by atoms with Crippen molar-refractivity contribution in [3.8, 4) is 0 Å². The molecule has 0 saturated carbocycles. The summed E-state index contributed by atoms with van der Waals surface area (Å²) in [6.07, 6.45) is 0. The Hall–Kier alpha value is -0.910. The first-order valence-corrected chi connectivity index (χ1v) is 7.47. The van der Waals surface area contributed by atoms with E-state index in [-0.39, 0.29) is 5.54 Å². The number of piperazine rings is 1. The Morgan fingerprint density at radius 3 is 2.37 bits per heavy atom. The van der Waals surface area contributed by atoms with Gasteiger partial charge in [-0.1, -0.05) is 0 Å². The predicted molar refractivity (Wildman–Crippen MR) is 77.9 cm³/mol. The van der Waals surface area contributed by atoms with Gasteiger partial charge in [0.25, 0.3) is 0 Å². The van der Waals surface area contributed by atoms with Gasteiger partial charge in [-0.2, -0.15) is 0 Å². The Kier molecular flexibility index (Phi) is 4.28. The first-order valence-electron chi connectivity index (χ1n) is 6.65. The van der Waals surface area contributed by atoms with Crippen molar-refractivity contribution in [3.05, 3.63) is 21.9 Å². The number of nitrogens with zero attached hydrogens (tertiary/aromatic N) is 2. The Morgan fingerprint density at radius 1 is 1.26 bits per heavy atom. The maximum atomic E-state index is 10.8. The molecule has 2 heterocycles. The van der Waals surface area contributed by atoms with E-state index < -0.39 is 5.97 Å². The highest BCUT2D eigenvalue weighted by molar-refractivity contribution is 7.13. The van der Waals surface area contributed by atoms with Crippen molar-refractivity contribution in [1.82, 2.24) is 9.80 Å². The molecule has 0 unspecified atom stereocenters. The van der Waals surface area contributed by atoms with E-state index in [9.17, 15) is 4.79 Å². The highest BCUT2D eigenvalue weighted by Crippen LogP contribution is 2.21. The molecule has 106 valence electrons. The molecule has 0 atom stereocenters. The van der Waals surface area contributed by atoms with Gasteiger partial charge in [-0.05, 0) is 32.9 Å². The molecule has 1 aromatic rings. The van der Waals surface area contributed by atoms with E-state index in [0.717, 1.165) is 37.6 Å². The van der Waals surface area contributed by atoms with Crippen molar-refractivity contribution in [1.29, 1.82) is 0 Å². The zero-order chi connectivity index (χ0) is 14.0. The van der Waals surface area contributed by atoms with Crippen LogP contribution >= 0.6 is 11.3 Å². The molecule has 0 bridgehead atoms. The smallest absolute Gasteiger partial charge is 0.345 e. The van der Waals surface area contributed by atoms with Gasteiger partial charge >= 0.3 is 5.97 Å². The predicted octanol–water partition coefficient (Wildman–Crippen LogP) is 2.36. The van der Waals surface area contributed by atoms with E-state index in [2.05, 4.69) is 30.6 Å². The normalized spacial score (nSPS) is 18.7. The second-order valence-corrected chi connectivity index (χ2v) is 7.17. The average Bonchev–Trinajstić information content (AvgIpc) is 2.77. The summed E-state index contributed by atoms with van der Waals surface area (Å²) in [6.45, 7) is 11.9. The molecule has 0 radical (unpaired) electrons. The number of aromatic carboxylic acids is 1. The van der Waals surface area contributed by atoms with Crippen LogP contribution in [0.2, 0.25) is 0 Å². The van der Waals surface area contributed by atoms with E-state index in [4.69, 9.17) is 5.11 Å². The zero-order valence-electron chi connectivity index (χ0n) is 11.8. The molecule has 0 aromatic carbocycles. The Morgan fingerprint density at radius 2 is 1.89 bits per heavy atom. The molecule has 1 aromatic heterocycles. The van der Waals surface area contributed by atoms with Crippen LogP contribution < -0.4 is 0 Å². The number of carboxylic acid groups (broad SMARTS) is 1. The summed E-state index contributed by atoms with van der Waals surface area (Å²) in [5.41, 5.74) is 0.242. The summed E-state index contributed by atoms with van der Waals surface area (Å²) in [5.74, 6) is -0.825. The molecule has 1 N–H and O–H groups in total. The Labute approximate surface area is 118 Å². The number of carbonyl (C=O) groups is 1. The quantitative estimate of drug-likeness (QED) is 0.924. The van der Waals surface area contributed by atoms with Crippen LogP contribution in [0.3, 0.4) is 0 Å². The third-order valence-electron chi connectivity index (χ3n) is 3.57. The van der Waals surface area contributed by atoms with Crippen molar-refractivity contribution in [3.63, 3.8) is 0 Å². The van der Waals surface area contributed by atoms with Crippen LogP contribution in [0, 0.1) is 0 Å². The van der Waals surface area contributed by atoms with Crippen LogP contribution in [0.5, 0.6) is 0 Å². The van der Waals surface area contributed by atoms with Crippen LogP contribution in [0.4, 0.5) is 0 Å². The first-order chi connectivity index (χ1) is 8.86. The molecule has 0 amide bonds. The lowest BCUT2D eigenvalue weighted by Crippen LogP contribution is -2.53. The van der Waals surface area contributed by atoms with Crippen molar-refractivity contribution in [2.45, 2.75) is 32.9 Å². The van der Waals surface area contributed by atoms with Gasteiger partial charge in [0.1, 0.15) is 4.88 Å². The lowest BCUT2D eigenvalue weighted by atomic mass is 10.1. The van der Waals surface area contributed by atoms with Crippen LogP contribution in [-0.4, -0.2) is 52.6 Å². The molecular formula is C14H22N2O2S. The number of thiophene rings is 1. The fourth-order valence-electron chi connectivity index (χ4n) is 2.38. The fraction of sp³-hybridized carbons (Fsp3) is 0.643. The second-order valence-electron chi connectivity index (χ2n) is 6.01. The standard InChI is InChI=1S/C14H22N2O2S/c1-14(2,3)16-8-6-15(7-9-16)10-11-4-5-12(19-11)13(17)18/h4-5H,6-10H2,1-3H3,(H,17,18). The minimum atomic E-state index is -0.825. The number of hydrogen-bond acceptors (Lipinski definition) is 4. The molecule has 2 rings (SSSR count). The van der Waals surface area contributed by atoms with Gasteiger partial charge in [0.05, 0.1) is 0 Å². The highest BCUT2D eigenvalue weighted by atomic mass is 32.1. The molecule has 1 aliphatic heterocycles. The second kappa shape index (κ2) is 5.61. The van der Waals surface area contributed by atoms with Crippen LogP contribution in [0.25, 0.3) is 0 Å². The highest BCUT2D eigenvalue weighted by Gasteiger charge is 2.25. The van der Waals surface area contributed by atoms with Gasteiger partial charge in [0.15, 0.2) is 0 Å². The molecule has 4 nitrogen and oxygen atoms in total. The molecule has 19 heavy (non-hydrogen) atoms. The largest absolute Gasteiger partial charge is 0.477 e. The monoisotopic (exact) mass is 282 g/mol. The molecule has 5 heteroatoms.